The fourth-order valence-corrected chi connectivity index (χ4v) is 3.37. The third kappa shape index (κ3) is 8.16. The molecule has 2 aromatic carbocycles. The van der Waals surface area contributed by atoms with E-state index in [1.165, 1.54) is 20.4 Å². The number of nitrogens with one attached hydrogen (secondary N) is 3. The summed E-state index contributed by atoms with van der Waals surface area (Å²) >= 11 is 3.39. The van der Waals surface area contributed by atoms with Crippen LogP contribution in [-0.2, 0) is 19.1 Å². The van der Waals surface area contributed by atoms with Crippen LogP contribution in [0.5, 0.6) is 11.5 Å². The molecule has 3 amide bonds. The van der Waals surface area contributed by atoms with Crippen LogP contribution in [0.2, 0.25) is 0 Å². The molecule has 0 heterocycles. The Morgan fingerprint density at radius 1 is 1.09 bits per heavy atom. The second kappa shape index (κ2) is 13.3. The summed E-state index contributed by atoms with van der Waals surface area (Å²) in [7, 11) is 2.94. The van der Waals surface area contributed by atoms with Crippen LogP contribution in [0.1, 0.15) is 16.7 Å². The lowest BCUT2D eigenvalue weighted by atomic mass is 10.1. The number of amides is 3. The van der Waals surface area contributed by atoms with E-state index in [1.807, 2.05) is 32.0 Å². The normalized spacial score (nSPS) is 10.6. The standard InChI is InChI=1S/C23H27BrN4O6/c1-14-5-6-18(15(2)9-14)27-20(29)13-34-21-17(24)10-16(11-19(21)33-4)12-26-28-23(31)22(30)25-7-8-32-3/h5-6,9-12H,7-8,13H2,1-4H3,(H,25,30)(H,27,29)(H,28,31)/b26-12-. The molecule has 0 unspecified atom stereocenters. The van der Waals surface area contributed by atoms with Gasteiger partial charge in [0.2, 0.25) is 0 Å². The van der Waals surface area contributed by atoms with Gasteiger partial charge in [0, 0.05) is 19.3 Å². The Bertz CT molecular complexity index is 1070. The van der Waals surface area contributed by atoms with Crippen LogP contribution >= 0.6 is 15.9 Å². The number of halogens is 1. The van der Waals surface area contributed by atoms with Gasteiger partial charge >= 0.3 is 11.8 Å². The van der Waals surface area contributed by atoms with Crippen LogP contribution in [-0.4, -0.2) is 57.9 Å². The van der Waals surface area contributed by atoms with E-state index >= 15 is 0 Å². The second-order valence-corrected chi connectivity index (χ2v) is 7.99. The Morgan fingerprint density at radius 3 is 2.53 bits per heavy atom. The first-order chi connectivity index (χ1) is 16.2. The molecule has 11 heteroatoms. The number of hydrogen-bond acceptors (Lipinski definition) is 7. The maximum absolute atomic E-state index is 12.4. The number of benzene rings is 2. The lowest BCUT2D eigenvalue weighted by Gasteiger charge is -2.14. The van der Waals surface area contributed by atoms with Crippen LogP contribution in [0.25, 0.3) is 0 Å². The molecule has 0 saturated heterocycles. The number of rotatable bonds is 10. The van der Waals surface area contributed by atoms with Gasteiger partial charge in [-0.05, 0) is 59.1 Å². The monoisotopic (exact) mass is 534 g/mol. The molecule has 182 valence electrons. The van der Waals surface area contributed by atoms with E-state index in [1.54, 1.807) is 12.1 Å². The van der Waals surface area contributed by atoms with E-state index in [9.17, 15) is 14.4 Å². The van der Waals surface area contributed by atoms with Crippen molar-refractivity contribution in [3.8, 4) is 11.5 Å². The lowest BCUT2D eigenvalue weighted by Crippen LogP contribution is -2.39. The van der Waals surface area contributed by atoms with Gasteiger partial charge in [-0.25, -0.2) is 5.43 Å². The number of ether oxygens (including phenoxy) is 3. The van der Waals surface area contributed by atoms with Crippen molar-refractivity contribution in [2.45, 2.75) is 13.8 Å². The number of hydrazone groups is 1. The van der Waals surface area contributed by atoms with Crippen molar-refractivity contribution in [3.63, 3.8) is 0 Å². The zero-order valence-corrected chi connectivity index (χ0v) is 20.9. The van der Waals surface area contributed by atoms with Crippen molar-refractivity contribution in [3.05, 3.63) is 51.5 Å². The molecule has 0 aliphatic rings. The minimum Gasteiger partial charge on any atom is -0.493 e. The molecule has 0 atom stereocenters. The van der Waals surface area contributed by atoms with Gasteiger partial charge in [0.1, 0.15) is 0 Å². The van der Waals surface area contributed by atoms with Crippen molar-refractivity contribution in [2.24, 2.45) is 5.10 Å². The molecular formula is C23H27BrN4O6. The summed E-state index contributed by atoms with van der Waals surface area (Å²) in [5, 5.41) is 8.98. The third-order valence-electron chi connectivity index (χ3n) is 4.43. The Hall–Kier alpha value is -3.44. The highest BCUT2D eigenvalue weighted by atomic mass is 79.9. The lowest BCUT2D eigenvalue weighted by molar-refractivity contribution is -0.139. The number of hydrogen-bond donors (Lipinski definition) is 3. The summed E-state index contributed by atoms with van der Waals surface area (Å²) in [6.45, 7) is 4.16. The molecule has 0 aromatic heterocycles. The summed E-state index contributed by atoms with van der Waals surface area (Å²) in [6.07, 6.45) is 1.34. The smallest absolute Gasteiger partial charge is 0.329 e. The first-order valence-corrected chi connectivity index (χ1v) is 11.0. The SMILES string of the molecule is COCCNC(=O)C(=O)N/N=C\c1cc(Br)c(OCC(=O)Nc2ccc(C)cc2C)c(OC)c1. The Balaban J connectivity index is 1.98. The van der Waals surface area contributed by atoms with Crippen LogP contribution in [0, 0.1) is 13.8 Å². The van der Waals surface area contributed by atoms with Gasteiger partial charge < -0.3 is 24.8 Å². The van der Waals surface area contributed by atoms with E-state index in [4.69, 9.17) is 14.2 Å². The molecule has 0 saturated carbocycles. The molecule has 0 bridgehead atoms. The molecular weight excluding hydrogens is 508 g/mol. The Kier molecular flexibility index (Phi) is 10.5. The summed E-state index contributed by atoms with van der Waals surface area (Å²) in [6, 6.07) is 9.01. The molecule has 34 heavy (non-hydrogen) atoms. The molecule has 2 rings (SSSR count). The average molecular weight is 535 g/mol. The number of aryl methyl sites for hydroxylation is 2. The number of anilines is 1. The fourth-order valence-electron chi connectivity index (χ4n) is 2.80. The summed E-state index contributed by atoms with van der Waals surface area (Å²) in [5.41, 5.74) is 5.46. The highest BCUT2D eigenvalue weighted by Gasteiger charge is 2.15. The second-order valence-electron chi connectivity index (χ2n) is 7.14. The van der Waals surface area contributed by atoms with Crippen molar-refractivity contribution in [2.75, 3.05) is 39.3 Å². The van der Waals surface area contributed by atoms with E-state index < -0.39 is 11.8 Å². The van der Waals surface area contributed by atoms with E-state index in [0.29, 0.717) is 27.2 Å². The van der Waals surface area contributed by atoms with Crippen molar-refractivity contribution < 1.29 is 28.6 Å². The van der Waals surface area contributed by atoms with Gasteiger partial charge in [-0.1, -0.05) is 17.7 Å². The van der Waals surface area contributed by atoms with Crippen molar-refractivity contribution in [1.82, 2.24) is 10.7 Å². The van der Waals surface area contributed by atoms with Crippen LogP contribution < -0.4 is 25.5 Å². The number of carbonyl (C=O) groups is 3. The highest BCUT2D eigenvalue weighted by molar-refractivity contribution is 9.10. The first-order valence-electron chi connectivity index (χ1n) is 10.2. The fraction of sp³-hybridized carbons (Fsp3) is 0.304. The van der Waals surface area contributed by atoms with E-state index in [0.717, 1.165) is 11.1 Å². The number of methoxy groups -OCH3 is 2. The summed E-state index contributed by atoms with van der Waals surface area (Å²) < 4.78 is 16.3. The van der Waals surface area contributed by atoms with Gasteiger partial charge in [0.25, 0.3) is 5.91 Å². The summed E-state index contributed by atoms with van der Waals surface area (Å²) in [5.74, 6) is -1.38. The van der Waals surface area contributed by atoms with Crippen molar-refractivity contribution in [1.29, 1.82) is 0 Å². The van der Waals surface area contributed by atoms with Crippen LogP contribution in [0.15, 0.2) is 39.9 Å². The zero-order valence-electron chi connectivity index (χ0n) is 19.4. The maximum atomic E-state index is 12.4. The zero-order chi connectivity index (χ0) is 25.1. The van der Waals surface area contributed by atoms with E-state index in [2.05, 4.69) is 37.1 Å². The van der Waals surface area contributed by atoms with Gasteiger partial charge in [-0.15, -0.1) is 0 Å². The maximum Gasteiger partial charge on any atom is 0.329 e. The topological polar surface area (TPSA) is 127 Å². The van der Waals surface area contributed by atoms with Gasteiger partial charge in [0.15, 0.2) is 18.1 Å². The molecule has 2 aromatic rings. The number of nitrogens with zero attached hydrogens (tertiary/aromatic N) is 1. The minimum absolute atomic E-state index is 0.209. The quantitative estimate of drug-likeness (QED) is 0.186. The largest absolute Gasteiger partial charge is 0.493 e. The predicted octanol–water partition coefficient (Wildman–Crippen LogP) is 2.30. The van der Waals surface area contributed by atoms with E-state index in [-0.39, 0.29) is 25.7 Å². The molecule has 10 nitrogen and oxygen atoms in total. The Labute approximate surface area is 206 Å². The average Bonchev–Trinajstić information content (AvgIpc) is 2.79. The highest BCUT2D eigenvalue weighted by Crippen LogP contribution is 2.36. The predicted molar refractivity (Wildman–Crippen MR) is 131 cm³/mol. The molecule has 0 fully saturated rings. The summed E-state index contributed by atoms with van der Waals surface area (Å²) in [4.78, 5) is 35.7. The first kappa shape index (κ1) is 26.8. The molecule has 0 aliphatic carbocycles. The molecule has 3 N–H and O–H groups in total. The van der Waals surface area contributed by atoms with Crippen molar-refractivity contribution >= 4 is 45.6 Å². The van der Waals surface area contributed by atoms with Gasteiger partial charge in [0.05, 0.1) is 24.4 Å². The van der Waals surface area contributed by atoms with Gasteiger partial charge in [-0.3, -0.25) is 14.4 Å². The van der Waals surface area contributed by atoms with Crippen LogP contribution in [0.3, 0.4) is 0 Å². The number of carbonyl (C=O) groups excluding carboxylic acids is 3. The third-order valence-corrected chi connectivity index (χ3v) is 5.02. The van der Waals surface area contributed by atoms with Gasteiger partial charge in [-0.2, -0.15) is 5.10 Å². The molecule has 0 radical (unpaired) electrons. The molecule has 0 aliphatic heterocycles. The molecule has 0 spiro atoms. The van der Waals surface area contributed by atoms with Crippen LogP contribution in [0.4, 0.5) is 5.69 Å². The minimum atomic E-state index is -0.909. The Morgan fingerprint density at radius 2 is 1.85 bits per heavy atom.